The maximum absolute atomic E-state index is 12.1. The highest BCUT2D eigenvalue weighted by Gasteiger charge is 2.11. The summed E-state index contributed by atoms with van der Waals surface area (Å²) < 4.78 is 1.72. The third-order valence-electron chi connectivity index (χ3n) is 2.52. The third kappa shape index (κ3) is 1.46. The molecule has 0 saturated carbocycles. The summed E-state index contributed by atoms with van der Waals surface area (Å²) >= 11 is 0. The van der Waals surface area contributed by atoms with Crippen LogP contribution < -0.4 is 5.56 Å². The number of hydrogen-bond donors (Lipinski definition) is 1. The van der Waals surface area contributed by atoms with Crippen molar-refractivity contribution in [1.82, 2.24) is 14.5 Å². The van der Waals surface area contributed by atoms with Crippen molar-refractivity contribution >= 4 is 11.0 Å². The van der Waals surface area contributed by atoms with Gasteiger partial charge in [0.15, 0.2) is 0 Å². The van der Waals surface area contributed by atoms with Crippen LogP contribution in [0.4, 0.5) is 0 Å². The van der Waals surface area contributed by atoms with Crippen molar-refractivity contribution in [3.05, 3.63) is 27.9 Å². The van der Waals surface area contributed by atoms with E-state index in [1.807, 2.05) is 33.8 Å². The van der Waals surface area contributed by atoms with Gasteiger partial charge < -0.3 is 4.98 Å². The molecule has 15 heavy (non-hydrogen) atoms. The van der Waals surface area contributed by atoms with Crippen LogP contribution >= 0.6 is 0 Å². The van der Waals surface area contributed by atoms with Crippen molar-refractivity contribution in [2.75, 3.05) is 0 Å². The molecule has 0 fully saturated rings. The third-order valence-corrected chi connectivity index (χ3v) is 2.52. The van der Waals surface area contributed by atoms with Crippen LogP contribution in [-0.4, -0.2) is 14.5 Å². The molecule has 0 radical (unpaired) electrons. The van der Waals surface area contributed by atoms with Gasteiger partial charge in [0, 0.05) is 11.7 Å². The van der Waals surface area contributed by atoms with Gasteiger partial charge >= 0.3 is 0 Å². The second kappa shape index (κ2) is 3.22. The Morgan fingerprint density at radius 3 is 2.67 bits per heavy atom. The Hall–Kier alpha value is -1.58. The van der Waals surface area contributed by atoms with Crippen LogP contribution in [-0.2, 0) is 0 Å². The van der Waals surface area contributed by atoms with Crippen molar-refractivity contribution in [3.8, 4) is 0 Å². The highest BCUT2D eigenvalue weighted by molar-refractivity contribution is 5.75. The highest BCUT2D eigenvalue weighted by Crippen LogP contribution is 2.11. The Morgan fingerprint density at radius 1 is 1.40 bits per heavy atom. The summed E-state index contributed by atoms with van der Waals surface area (Å²) in [5.74, 6) is 0.754. The lowest BCUT2D eigenvalue weighted by Gasteiger charge is -2.12. The maximum atomic E-state index is 12.1. The van der Waals surface area contributed by atoms with Crippen LogP contribution in [0, 0.1) is 13.8 Å². The summed E-state index contributed by atoms with van der Waals surface area (Å²) in [4.78, 5) is 19.6. The zero-order valence-corrected chi connectivity index (χ0v) is 9.46. The van der Waals surface area contributed by atoms with Crippen molar-refractivity contribution < 1.29 is 0 Å². The molecule has 0 unspecified atom stereocenters. The Labute approximate surface area is 88.0 Å². The molecule has 1 N–H and O–H groups in total. The normalized spacial score (nSPS) is 11.5. The Bertz CT molecular complexity index is 563. The lowest BCUT2D eigenvalue weighted by atomic mass is 10.3. The summed E-state index contributed by atoms with van der Waals surface area (Å²) in [6.45, 7) is 7.76. The summed E-state index contributed by atoms with van der Waals surface area (Å²) in [5, 5.41) is 0.673. The molecule has 0 aliphatic rings. The van der Waals surface area contributed by atoms with Gasteiger partial charge in [0.25, 0.3) is 5.56 Å². The van der Waals surface area contributed by atoms with Gasteiger partial charge in [-0.15, -0.1) is 0 Å². The molecular weight excluding hydrogens is 190 g/mol. The lowest BCUT2D eigenvalue weighted by molar-refractivity contribution is 0.555. The average Bonchev–Trinajstić information content (AvgIpc) is 2.45. The summed E-state index contributed by atoms with van der Waals surface area (Å²) in [7, 11) is 0. The standard InChI is InChI=1S/C11H15N3O/c1-6(2)14-8(4)13-10-9(11(14)15)5-7(3)12-10/h5-6,12H,1-4H3. The molecule has 80 valence electrons. The number of nitrogens with zero attached hydrogens (tertiary/aromatic N) is 2. The fraction of sp³-hybridized carbons (Fsp3) is 0.455. The number of nitrogens with one attached hydrogen (secondary N) is 1. The predicted molar refractivity (Wildman–Crippen MR) is 60.2 cm³/mol. The fourth-order valence-electron chi connectivity index (χ4n) is 1.93. The van der Waals surface area contributed by atoms with Crippen LogP contribution in [0.1, 0.15) is 31.4 Å². The fourth-order valence-corrected chi connectivity index (χ4v) is 1.93. The van der Waals surface area contributed by atoms with Gasteiger partial charge in [0.2, 0.25) is 0 Å². The van der Waals surface area contributed by atoms with Crippen molar-refractivity contribution in [3.63, 3.8) is 0 Å². The van der Waals surface area contributed by atoms with Gasteiger partial charge in [0.05, 0.1) is 5.39 Å². The van der Waals surface area contributed by atoms with Crippen molar-refractivity contribution in [1.29, 1.82) is 0 Å². The molecule has 4 heteroatoms. The molecule has 2 heterocycles. The Kier molecular flexibility index (Phi) is 2.14. The first-order valence-electron chi connectivity index (χ1n) is 5.09. The molecular formula is C11H15N3O. The Morgan fingerprint density at radius 2 is 2.07 bits per heavy atom. The predicted octanol–water partition coefficient (Wildman–Crippen LogP) is 1.92. The topological polar surface area (TPSA) is 50.7 Å². The molecule has 0 saturated heterocycles. The number of hydrogen-bond acceptors (Lipinski definition) is 2. The van der Waals surface area contributed by atoms with E-state index in [2.05, 4.69) is 9.97 Å². The number of aromatic amines is 1. The summed E-state index contributed by atoms with van der Waals surface area (Å²) in [6, 6.07) is 1.99. The van der Waals surface area contributed by atoms with E-state index < -0.39 is 0 Å². The van der Waals surface area contributed by atoms with E-state index in [0.29, 0.717) is 11.0 Å². The largest absolute Gasteiger partial charge is 0.343 e. The van der Waals surface area contributed by atoms with Crippen molar-refractivity contribution in [2.45, 2.75) is 33.7 Å². The molecule has 0 spiro atoms. The summed E-state index contributed by atoms with van der Waals surface area (Å²) in [6.07, 6.45) is 0. The maximum Gasteiger partial charge on any atom is 0.263 e. The number of aromatic nitrogens is 3. The van der Waals surface area contributed by atoms with Crippen LogP contribution in [0.3, 0.4) is 0 Å². The molecule has 0 amide bonds. The zero-order valence-electron chi connectivity index (χ0n) is 9.46. The first-order valence-corrected chi connectivity index (χ1v) is 5.09. The van der Waals surface area contributed by atoms with Gasteiger partial charge in [-0.25, -0.2) is 4.98 Å². The van der Waals surface area contributed by atoms with Gasteiger partial charge in [-0.3, -0.25) is 9.36 Å². The van der Waals surface area contributed by atoms with E-state index in [1.54, 1.807) is 4.57 Å². The molecule has 2 aromatic rings. The lowest BCUT2D eigenvalue weighted by Crippen LogP contribution is -2.25. The van der Waals surface area contributed by atoms with Crippen LogP contribution in [0.5, 0.6) is 0 Å². The van der Waals surface area contributed by atoms with E-state index in [4.69, 9.17) is 0 Å². The molecule has 2 rings (SSSR count). The smallest absolute Gasteiger partial charge is 0.263 e. The number of fused-ring (bicyclic) bond motifs is 1. The first-order chi connectivity index (χ1) is 7.00. The molecule has 0 bridgehead atoms. The van der Waals surface area contributed by atoms with Gasteiger partial charge in [-0.2, -0.15) is 0 Å². The van der Waals surface area contributed by atoms with Crippen LogP contribution in [0.15, 0.2) is 10.9 Å². The van der Waals surface area contributed by atoms with E-state index in [9.17, 15) is 4.79 Å². The number of aryl methyl sites for hydroxylation is 2. The molecule has 4 nitrogen and oxygen atoms in total. The summed E-state index contributed by atoms with van der Waals surface area (Å²) in [5.41, 5.74) is 1.69. The van der Waals surface area contributed by atoms with Crippen LogP contribution in [0.2, 0.25) is 0 Å². The quantitative estimate of drug-likeness (QED) is 0.773. The second-order valence-corrected chi connectivity index (χ2v) is 4.14. The number of H-pyrrole nitrogens is 1. The zero-order chi connectivity index (χ0) is 11.2. The van der Waals surface area contributed by atoms with E-state index in [-0.39, 0.29) is 11.6 Å². The minimum Gasteiger partial charge on any atom is -0.343 e. The first kappa shape index (κ1) is 9.96. The minimum atomic E-state index is 0.0388. The molecule has 0 aliphatic carbocycles. The minimum absolute atomic E-state index is 0.0388. The van der Waals surface area contributed by atoms with E-state index >= 15 is 0 Å². The van der Waals surface area contributed by atoms with Gasteiger partial charge in [-0.1, -0.05) is 0 Å². The van der Waals surface area contributed by atoms with Gasteiger partial charge in [0.1, 0.15) is 11.5 Å². The molecule has 0 aliphatic heterocycles. The van der Waals surface area contributed by atoms with Crippen LogP contribution in [0.25, 0.3) is 11.0 Å². The monoisotopic (exact) mass is 205 g/mol. The molecule has 0 atom stereocenters. The highest BCUT2D eigenvalue weighted by atomic mass is 16.1. The van der Waals surface area contributed by atoms with E-state index in [1.165, 1.54) is 0 Å². The molecule has 2 aromatic heterocycles. The second-order valence-electron chi connectivity index (χ2n) is 4.14. The van der Waals surface area contributed by atoms with Crippen molar-refractivity contribution in [2.24, 2.45) is 0 Å². The number of rotatable bonds is 1. The van der Waals surface area contributed by atoms with Gasteiger partial charge in [-0.05, 0) is 33.8 Å². The molecule has 0 aromatic carbocycles. The Balaban J connectivity index is 2.89. The average molecular weight is 205 g/mol. The van der Waals surface area contributed by atoms with E-state index in [0.717, 1.165) is 11.5 Å². The SMILES string of the molecule is Cc1cc2c(=O)n(C(C)C)c(C)nc2[nH]1.